The van der Waals surface area contributed by atoms with Gasteiger partial charge in [-0.25, -0.2) is 0 Å². The van der Waals surface area contributed by atoms with Gasteiger partial charge in [-0.05, 0) is 17.2 Å². The molecule has 4 aromatic rings. The van der Waals surface area contributed by atoms with Gasteiger partial charge in [0.1, 0.15) is 7.85 Å². The van der Waals surface area contributed by atoms with Gasteiger partial charge in [-0.3, -0.25) is 0 Å². The van der Waals surface area contributed by atoms with Crippen LogP contribution in [0.4, 0.5) is 0 Å². The average Bonchev–Trinajstić information content (AvgIpc) is 2.86. The molecule has 1 aromatic heterocycles. The molecule has 0 spiro atoms. The standard InChI is InChI=1S/C18H13BS/c19-13-6-3-5-12(11-13)14-8-4-9-16-15-7-1-2-10-17(15)20-18(14)16/h1-11H,19H2. The molecule has 0 N–H and O–H groups in total. The van der Waals surface area contributed by atoms with Gasteiger partial charge in [0, 0.05) is 20.2 Å². The highest BCUT2D eigenvalue weighted by Crippen LogP contribution is 2.39. The quantitative estimate of drug-likeness (QED) is 0.460. The molecular weight excluding hydrogens is 259 g/mol. The predicted molar refractivity (Wildman–Crippen MR) is 92.9 cm³/mol. The van der Waals surface area contributed by atoms with Crippen LogP contribution < -0.4 is 5.46 Å². The van der Waals surface area contributed by atoms with Gasteiger partial charge in [0.15, 0.2) is 0 Å². The minimum absolute atomic E-state index is 1.31. The summed E-state index contributed by atoms with van der Waals surface area (Å²) >= 11 is 1.89. The Balaban J connectivity index is 2.10. The second-order valence-electron chi connectivity index (χ2n) is 5.15. The summed E-state index contributed by atoms with van der Waals surface area (Å²) in [6, 6.07) is 24.0. The smallest absolute Gasteiger partial charge is 0.135 e. The van der Waals surface area contributed by atoms with Gasteiger partial charge in [-0.1, -0.05) is 66.1 Å². The highest BCUT2D eigenvalue weighted by Gasteiger charge is 2.09. The van der Waals surface area contributed by atoms with E-state index in [1.54, 1.807) is 0 Å². The summed E-state index contributed by atoms with van der Waals surface area (Å²) in [5, 5.41) is 2.73. The van der Waals surface area contributed by atoms with Crippen LogP contribution >= 0.6 is 11.3 Å². The molecule has 94 valence electrons. The van der Waals surface area contributed by atoms with Crippen molar-refractivity contribution in [2.45, 2.75) is 0 Å². The first-order valence-corrected chi connectivity index (χ1v) is 7.62. The molecule has 0 saturated carbocycles. The van der Waals surface area contributed by atoms with E-state index in [9.17, 15) is 0 Å². The number of thiophene rings is 1. The van der Waals surface area contributed by atoms with Crippen LogP contribution in [0.5, 0.6) is 0 Å². The molecule has 1 heterocycles. The highest BCUT2D eigenvalue weighted by molar-refractivity contribution is 7.26. The van der Waals surface area contributed by atoms with E-state index in [1.807, 2.05) is 11.3 Å². The third-order valence-corrected chi connectivity index (χ3v) is 4.95. The maximum Gasteiger partial charge on any atom is 0.139 e. The van der Waals surface area contributed by atoms with Crippen LogP contribution in [0.15, 0.2) is 66.7 Å². The molecule has 0 nitrogen and oxygen atoms in total. The Bertz CT molecular complexity index is 921. The van der Waals surface area contributed by atoms with Gasteiger partial charge in [0.25, 0.3) is 0 Å². The minimum Gasteiger partial charge on any atom is -0.135 e. The summed E-state index contributed by atoms with van der Waals surface area (Å²) < 4.78 is 2.75. The maximum absolute atomic E-state index is 2.26. The second-order valence-corrected chi connectivity index (χ2v) is 6.20. The van der Waals surface area contributed by atoms with Gasteiger partial charge in [-0.15, -0.1) is 11.3 Å². The second kappa shape index (κ2) is 4.50. The van der Waals surface area contributed by atoms with Crippen molar-refractivity contribution in [1.29, 1.82) is 0 Å². The SMILES string of the molecule is Bc1cccc(-c2cccc3c2sc2ccccc23)c1. The van der Waals surface area contributed by atoms with Crippen molar-refractivity contribution < 1.29 is 0 Å². The molecule has 2 heteroatoms. The van der Waals surface area contributed by atoms with Crippen LogP contribution in [0.25, 0.3) is 31.3 Å². The zero-order valence-electron chi connectivity index (χ0n) is 11.3. The van der Waals surface area contributed by atoms with Crippen LogP contribution in [-0.4, -0.2) is 7.85 Å². The third kappa shape index (κ3) is 1.76. The van der Waals surface area contributed by atoms with Crippen LogP contribution in [0.3, 0.4) is 0 Å². The van der Waals surface area contributed by atoms with Gasteiger partial charge >= 0.3 is 0 Å². The van der Waals surface area contributed by atoms with Crippen molar-refractivity contribution in [2.75, 3.05) is 0 Å². The average molecular weight is 272 g/mol. The summed E-state index contributed by atoms with van der Waals surface area (Å²) in [5.74, 6) is 0. The number of benzene rings is 3. The lowest BCUT2D eigenvalue weighted by molar-refractivity contribution is 1.71. The first kappa shape index (κ1) is 11.7. The molecule has 0 aliphatic rings. The topological polar surface area (TPSA) is 0 Å². The molecule has 0 fully saturated rings. The van der Waals surface area contributed by atoms with Gasteiger partial charge in [0.2, 0.25) is 0 Å². The molecule has 0 unspecified atom stereocenters. The zero-order chi connectivity index (χ0) is 13.5. The van der Waals surface area contributed by atoms with Gasteiger partial charge in [0.05, 0.1) is 0 Å². The first-order chi connectivity index (χ1) is 9.83. The molecule has 0 aliphatic carbocycles. The van der Waals surface area contributed by atoms with Crippen molar-refractivity contribution in [2.24, 2.45) is 0 Å². The fraction of sp³-hybridized carbons (Fsp3) is 0. The summed E-state index contributed by atoms with van der Waals surface area (Å²) in [7, 11) is 2.15. The molecular formula is C18H13BS. The van der Waals surface area contributed by atoms with Crippen LogP contribution in [0, 0.1) is 0 Å². The Morgan fingerprint density at radius 2 is 1.55 bits per heavy atom. The maximum atomic E-state index is 2.26. The van der Waals surface area contributed by atoms with Crippen LogP contribution in [0.2, 0.25) is 0 Å². The number of fused-ring (bicyclic) bond motifs is 3. The third-order valence-electron chi connectivity index (χ3n) is 3.73. The molecule has 0 atom stereocenters. The van der Waals surface area contributed by atoms with Gasteiger partial charge < -0.3 is 0 Å². The summed E-state index contributed by atoms with van der Waals surface area (Å²) in [5.41, 5.74) is 3.95. The van der Waals surface area contributed by atoms with E-state index in [1.165, 1.54) is 36.8 Å². The van der Waals surface area contributed by atoms with E-state index in [0.717, 1.165) is 0 Å². The fourth-order valence-corrected chi connectivity index (χ4v) is 4.03. The van der Waals surface area contributed by atoms with Crippen molar-refractivity contribution in [3.63, 3.8) is 0 Å². The monoisotopic (exact) mass is 272 g/mol. The van der Waals surface area contributed by atoms with E-state index in [0.29, 0.717) is 0 Å². The van der Waals surface area contributed by atoms with Crippen molar-refractivity contribution in [3.8, 4) is 11.1 Å². The van der Waals surface area contributed by atoms with E-state index >= 15 is 0 Å². The Hall–Kier alpha value is -2.06. The molecule has 0 radical (unpaired) electrons. The number of hydrogen-bond acceptors (Lipinski definition) is 1. The predicted octanol–water partition coefficient (Wildman–Crippen LogP) is 3.98. The fourth-order valence-electron chi connectivity index (χ4n) is 2.79. The van der Waals surface area contributed by atoms with E-state index in [-0.39, 0.29) is 0 Å². The summed E-state index contributed by atoms with van der Waals surface area (Å²) in [6.45, 7) is 0. The van der Waals surface area contributed by atoms with Crippen molar-refractivity contribution >= 4 is 44.8 Å². The lowest BCUT2D eigenvalue weighted by atomic mass is 9.92. The minimum atomic E-state index is 1.31. The lowest BCUT2D eigenvalue weighted by Gasteiger charge is -2.04. The first-order valence-electron chi connectivity index (χ1n) is 6.80. The molecule has 0 bridgehead atoms. The molecule has 3 aromatic carbocycles. The zero-order valence-corrected chi connectivity index (χ0v) is 12.1. The Morgan fingerprint density at radius 1 is 0.750 bits per heavy atom. The Morgan fingerprint density at radius 3 is 2.45 bits per heavy atom. The van der Waals surface area contributed by atoms with Crippen molar-refractivity contribution in [1.82, 2.24) is 0 Å². The van der Waals surface area contributed by atoms with E-state index in [2.05, 4.69) is 74.6 Å². The Labute approximate surface area is 123 Å². The molecule has 20 heavy (non-hydrogen) atoms. The lowest BCUT2D eigenvalue weighted by Crippen LogP contribution is -2.00. The molecule has 0 saturated heterocycles. The Kier molecular flexibility index (Phi) is 2.64. The molecule has 4 rings (SSSR count). The summed E-state index contributed by atoms with van der Waals surface area (Å²) in [6.07, 6.45) is 0. The largest absolute Gasteiger partial charge is 0.139 e. The van der Waals surface area contributed by atoms with Crippen LogP contribution in [0.1, 0.15) is 0 Å². The number of rotatable bonds is 1. The number of hydrogen-bond donors (Lipinski definition) is 0. The van der Waals surface area contributed by atoms with E-state index in [4.69, 9.17) is 0 Å². The van der Waals surface area contributed by atoms with E-state index < -0.39 is 0 Å². The molecule has 0 amide bonds. The highest BCUT2D eigenvalue weighted by atomic mass is 32.1. The normalized spacial score (nSPS) is 11.2. The molecule has 0 aliphatic heterocycles. The van der Waals surface area contributed by atoms with Gasteiger partial charge in [-0.2, -0.15) is 0 Å². The summed E-state index contributed by atoms with van der Waals surface area (Å²) in [4.78, 5) is 0. The van der Waals surface area contributed by atoms with Crippen LogP contribution in [-0.2, 0) is 0 Å². The van der Waals surface area contributed by atoms with Crippen molar-refractivity contribution in [3.05, 3.63) is 66.7 Å².